The third-order valence-electron chi connectivity index (χ3n) is 6.72. The zero-order valence-corrected chi connectivity index (χ0v) is 28.1. The molecule has 0 saturated carbocycles. The van der Waals surface area contributed by atoms with Gasteiger partial charge in [-0.3, -0.25) is 24.2 Å². The van der Waals surface area contributed by atoms with Crippen LogP contribution in [0.25, 0.3) is 0 Å². The molecule has 252 valence electrons. The SMILES string of the molecule is CC(C)C[C@H](BOCc1cc(N(C)C(=O)CCCCC(=O)NC(PO)P(O)O)ccc1CO)NC(=O)CNC(=O)c1cnccn1. The standard InChI is InChI=1S/C28H43BN6O9P2/c1-18(2)12-23(33-25(38)15-32-27(40)22-14-30-10-11-31-22)29-44-17-20-13-21(9-8-19(20)16-36)35(3)26(39)7-5-4-6-24(37)34-28(45-41)46(42)43/h8-11,13-14,18,23,28-29,36,41-43,45H,4-7,12,15-17H2,1-3H3,(H,32,40)(H,33,38)(H,34,37)/t23-,28?/m1/s1. The maximum Gasteiger partial charge on any atom is 0.298 e. The molecule has 0 bridgehead atoms. The van der Waals surface area contributed by atoms with E-state index >= 15 is 0 Å². The van der Waals surface area contributed by atoms with Crippen molar-refractivity contribution in [3.05, 3.63) is 53.6 Å². The molecule has 0 saturated heterocycles. The van der Waals surface area contributed by atoms with Crippen molar-refractivity contribution in [3.63, 3.8) is 0 Å². The van der Waals surface area contributed by atoms with Gasteiger partial charge < -0.3 is 45.3 Å². The third-order valence-corrected chi connectivity index (χ3v) is 8.74. The van der Waals surface area contributed by atoms with Crippen LogP contribution in [0.1, 0.15) is 67.6 Å². The Kier molecular flexibility index (Phi) is 17.8. The lowest BCUT2D eigenvalue weighted by atomic mass is 9.81. The lowest BCUT2D eigenvalue weighted by Crippen LogP contribution is -2.45. The number of carbonyl (C=O) groups is 4. The van der Waals surface area contributed by atoms with E-state index in [1.54, 1.807) is 25.2 Å². The van der Waals surface area contributed by atoms with E-state index in [0.29, 0.717) is 36.1 Å². The summed E-state index contributed by atoms with van der Waals surface area (Å²) in [5.41, 5.74) is 0.921. The minimum Gasteiger partial charge on any atom is -0.433 e. The number of rotatable bonds is 20. The number of nitrogens with zero attached hydrogens (tertiary/aromatic N) is 3. The molecule has 2 rings (SSSR count). The molecule has 46 heavy (non-hydrogen) atoms. The molecule has 15 nitrogen and oxygen atoms in total. The highest BCUT2D eigenvalue weighted by Crippen LogP contribution is 2.38. The van der Waals surface area contributed by atoms with Crippen LogP contribution in [-0.4, -0.2) is 85.9 Å². The molecule has 0 aliphatic heterocycles. The molecule has 0 aliphatic carbocycles. The van der Waals surface area contributed by atoms with Gasteiger partial charge in [0.1, 0.15) is 11.2 Å². The first-order chi connectivity index (χ1) is 21.9. The van der Waals surface area contributed by atoms with Gasteiger partial charge in [-0.25, -0.2) is 4.98 Å². The number of aliphatic hydroxyl groups is 1. The molecule has 0 radical (unpaired) electrons. The van der Waals surface area contributed by atoms with Crippen molar-refractivity contribution in [1.29, 1.82) is 0 Å². The van der Waals surface area contributed by atoms with Crippen molar-refractivity contribution in [2.24, 2.45) is 5.92 Å². The van der Waals surface area contributed by atoms with Gasteiger partial charge in [-0.05, 0) is 48.4 Å². The van der Waals surface area contributed by atoms with Gasteiger partial charge >= 0.3 is 0 Å². The summed E-state index contributed by atoms with van der Waals surface area (Å²) in [5.74, 6) is -1.60. The van der Waals surface area contributed by atoms with Gasteiger partial charge in [0.25, 0.3) is 13.4 Å². The third kappa shape index (κ3) is 14.1. The fraction of sp³-hybridized carbons (Fsp3) is 0.500. The van der Waals surface area contributed by atoms with Gasteiger partial charge in [0, 0.05) is 52.7 Å². The van der Waals surface area contributed by atoms with Gasteiger partial charge in [0.15, 0.2) is 8.38 Å². The van der Waals surface area contributed by atoms with Crippen molar-refractivity contribution < 1.29 is 43.6 Å². The molecule has 0 fully saturated rings. The smallest absolute Gasteiger partial charge is 0.298 e. The molecule has 2 unspecified atom stereocenters. The fourth-order valence-corrected chi connectivity index (χ4v) is 5.24. The number of nitrogens with one attached hydrogen (secondary N) is 3. The number of hydrogen-bond donors (Lipinski definition) is 7. The fourth-order valence-electron chi connectivity index (χ4n) is 4.34. The van der Waals surface area contributed by atoms with E-state index in [-0.39, 0.29) is 69.4 Å². The first-order valence-electron chi connectivity index (χ1n) is 14.7. The van der Waals surface area contributed by atoms with Crippen LogP contribution in [0.2, 0.25) is 0 Å². The maximum absolute atomic E-state index is 12.8. The Balaban J connectivity index is 1.89. The Hall–Kier alpha value is -3.10. The Bertz CT molecular complexity index is 1280. The highest BCUT2D eigenvalue weighted by molar-refractivity contribution is 7.59. The Morgan fingerprint density at radius 2 is 1.80 bits per heavy atom. The van der Waals surface area contributed by atoms with E-state index in [1.165, 1.54) is 23.5 Å². The van der Waals surface area contributed by atoms with Crippen LogP contribution < -0.4 is 20.9 Å². The highest BCUT2D eigenvalue weighted by atomic mass is 31.2. The predicted octanol–water partition coefficient (Wildman–Crippen LogP) is 0.561. The lowest BCUT2D eigenvalue weighted by molar-refractivity contribution is -0.122. The van der Waals surface area contributed by atoms with Crippen molar-refractivity contribution in [2.45, 2.75) is 70.6 Å². The number of carbonyl (C=O) groups excluding carboxylic acids is 4. The second-order valence-corrected chi connectivity index (χ2v) is 13.4. The number of hydrogen-bond acceptors (Lipinski definition) is 11. The topological polar surface area (TPSA) is 224 Å². The van der Waals surface area contributed by atoms with Gasteiger partial charge in [0.05, 0.1) is 26.0 Å². The zero-order valence-electron chi connectivity index (χ0n) is 26.2. The molecule has 18 heteroatoms. The summed E-state index contributed by atoms with van der Waals surface area (Å²) in [4.78, 5) is 86.2. The van der Waals surface area contributed by atoms with Crippen molar-refractivity contribution >= 4 is 54.0 Å². The molecule has 3 atom stereocenters. The number of unbranched alkanes of at least 4 members (excludes halogenated alkanes) is 1. The summed E-state index contributed by atoms with van der Waals surface area (Å²) in [5, 5.41) is 17.6. The minimum absolute atomic E-state index is 0.0730. The highest BCUT2D eigenvalue weighted by Gasteiger charge is 2.21. The molecule has 0 spiro atoms. The van der Waals surface area contributed by atoms with Gasteiger partial charge in [0.2, 0.25) is 17.7 Å². The van der Waals surface area contributed by atoms with Crippen molar-refractivity contribution in [1.82, 2.24) is 25.9 Å². The average molecular weight is 680 g/mol. The lowest BCUT2D eigenvalue weighted by Gasteiger charge is -2.21. The van der Waals surface area contributed by atoms with Gasteiger partial charge in [-0.15, -0.1) is 0 Å². The maximum atomic E-state index is 12.8. The summed E-state index contributed by atoms with van der Waals surface area (Å²) in [7, 11) is -1.50. The van der Waals surface area contributed by atoms with Crippen molar-refractivity contribution in [3.8, 4) is 0 Å². The summed E-state index contributed by atoms with van der Waals surface area (Å²) < 4.78 is 5.95. The van der Waals surface area contributed by atoms with Crippen LogP contribution in [0.15, 0.2) is 36.8 Å². The Morgan fingerprint density at radius 3 is 2.43 bits per heavy atom. The average Bonchev–Trinajstić information content (AvgIpc) is 3.03. The van der Waals surface area contributed by atoms with E-state index < -0.39 is 34.5 Å². The first-order valence-corrected chi connectivity index (χ1v) is 17.1. The van der Waals surface area contributed by atoms with E-state index in [9.17, 15) is 34.1 Å². The van der Waals surface area contributed by atoms with Crippen LogP contribution in [0.4, 0.5) is 5.69 Å². The molecule has 1 heterocycles. The molecule has 7 N–H and O–H groups in total. The summed E-state index contributed by atoms with van der Waals surface area (Å²) in [6.45, 7) is 3.67. The van der Waals surface area contributed by atoms with Crippen LogP contribution in [0.3, 0.4) is 0 Å². The monoisotopic (exact) mass is 680 g/mol. The number of amides is 4. The quantitative estimate of drug-likeness (QED) is 0.0582. The van der Waals surface area contributed by atoms with Crippen LogP contribution in [0.5, 0.6) is 0 Å². The van der Waals surface area contributed by atoms with Gasteiger partial charge in [-0.1, -0.05) is 19.9 Å². The molecule has 2 aromatic rings. The minimum atomic E-state index is -2.48. The largest absolute Gasteiger partial charge is 0.433 e. The molecular formula is C28H43BN6O9P2. The van der Waals surface area contributed by atoms with E-state index in [0.717, 1.165) is 0 Å². The summed E-state index contributed by atoms with van der Waals surface area (Å²) in [6, 6.07) is 5.19. The molecular weight excluding hydrogens is 637 g/mol. The number of benzene rings is 1. The van der Waals surface area contributed by atoms with E-state index in [1.807, 2.05) is 13.8 Å². The van der Waals surface area contributed by atoms with Gasteiger partial charge in [-0.2, -0.15) is 0 Å². The van der Waals surface area contributed by atoms with Crippen LogP contribution in [-0.2, 0) is 32.3 Å². The first kappa shape index (κ1) is 39.1. The molecule has 1 aromatic heterocycles. The Morgan fingerprint density at radius 1 is 1.07 bits per heavy atom. The van der Waals surface area contributed by atoms with Crippen molar-refractivity contribution in [2.75, 3.05) is 18.5 Å². The van der Waals surface area contributed by atoms with Crippen LogP contribution >= 0.6 is 17.2 Å². The number of anilines is 1. The van der Waals surface area contributed by atoms with E-state index in [4.69, 9.17) is 9.55 Å². The number of aliphatic hydroxyl groups excluding tert-OH is 1. The normalized spacial score (nSPS) is 12.6. The molecule has 1 aromatic carbocycles. The van der Waals surface area contributed by atoms with E-state index in [2.05, 4.69) is 25.9 Å². The second kappa shape index (κ2) is 20.9. The summed E-state index contributed by atoms with van der Waals surface area (Å²) >= 11 is 0. The molecule has 0 aliphatic rings. The summed E-state index contributed by atoms with van der Waals surface area (Å²) in [6.07, 6.45) is 5.82. The molecule has 4 amide bonds. The Labute approximate surface area is 272 Å². The van der Waals surface area contributed by atoms with Crippen LogP contribution in [0, 0.1) is 5.92 Å². The second-order valence-electron chi connectivity index (χ2n) is 10.9. The number of aromatic nitrogens is 2. The zero-order chi connectivity index (χ0) is 34.1. The predicted molar refractivity (Wildman–Crippen MR) is 176 cm³/mol.